The van der Waals surface area contributed by atoms with E-state index in [1.165, 1.54) is 0 Å². The van der Waals surface area contributed by atoms with Gasteiger partial charge in [-0.15, -0.1) is 0 Å². The average Bonchev–Trinajstić information content (AvgIpc) is 2.69. The molecule has 1 atom stereocenters. The van der Waals surface area contributed by atoms with Gasteiger partial charge in [0.2, 0.25) is 5.91 Å². The molecule has 1 unspecified atom stereocenters. The van der Waals surface area contributed by atoms with E-state index in [1.807, 2.05) is 23.8 Å². The van der Waals surface area contributed by atoms with Crippen LogP contribution in [0.25, 0.3) is 0 Å². The van der Waals surface area contributed by atoms with Gasteiger partial charge in [-0.3, -0.25) is 9.69 Å². The fourth-order valence-corrected chi connectivity index (χ4v) is 1.99. The van der Waals surface area contributed by atoms with E-state index in [0.29, 0.717) is 11.5 Å². The first-order chi connectivity index (χ1) is 7.50. The van der Waals surface area contributed by atoms with E-state index >= 15 is 0 Å². The number of carbonyl (C=O) groups is 1. The van der Waals surface area contributed by atoms with Crippen LogP contribution in [0.5, 0.6) is 0 Å². The minimum Gasteiger partial charge on any atom is -0.393 e. The second-order valence-electron chi connectivity index (χ2n) is 4.59. The van der Waals surface area contributed by atoms with Crippen LogP contribution in [-0.2, 0) is 4.79 Å². The van der Waals surface area contributed by atoms with Gasteiger partial charge in [0, 0.05) is 25.6 Å². The Morgan fingerprint density at radius 3 is 2.56 bits per heavy atom. The van der Waals surface area contributed by atoms with Gasteiger partial charge in [0.25, 0.3) is 0 Å². The van der Waals surface area contributed by atoms with Crippen LogP contribution in [0.15, 0.2) is 0 Å². The third kappa shape index (κ3) is 4.06. The van der Waals surface area contributed by atoms with E-state index in [2.05, 4.69) is 0 Å². The predicted octanol–water partition coefficient (Wildman–Crippen LogP) is 0.463. The Hall–Kier alpha value is -0.680. The maximum absolute atomic E-state index is 11.8. The van der Waals surface area contributed by atoms with Gasteiger partial charge in [0.1, 0.15) is 0 Å². The number of carbonyl (C=O) groups excluding carboxylic acids is 1. The molecule has 92 valence electrons. The lowest BCUT2D eigenvalue weighted by molar-refractivity contribution is -0.131. The number of nitrogens with zero attached hydrogens (tertiary/aromatic N) is 2. The summed E-state index contributed by atoms with van der Waals surface area (Å²) in [6.07, 6.45) is 2.28. The second-order valence-corrected chi connectivity index (χ2v) is 5.06. The molecule has 0 saturated carbocycles. The van der Waals surface area contributed by atoms with E-state index in [4.69, 9.17) is 18.0 Å². The standard InChI is InChI=1S/C11H21N3OS/c1-9(11(12)16)7-13(2)8-10(15)14-5-3-4-6-14/h9H,3-8H2,1-2H3,(H2,12,16). The van der Waals surface area contributed by atoms with Crippen LogP contribution in [0, 0.1) is 5.92 Å². The summed E-state index contributed by atoms with van der Waals surface area (Å²) in [7, 11) is 1.93. The lowest BCUT2D eigenvalue weighted by Crippen LogP contribution is -2.40. The van der Waals surface area contributed by atoms with Crippen LogP contribution in [0.3, 0.4) is 0 Å². The Labute approximate surface area is 103 Å². The number of hydrogen-bond acceptors (Lipinski definition) is 3. The van der Waals surface area contributed by atoms with Crippen LogP contribution >= 0.6 is 12.2 Å². The second kappa shape index (κ2) is 6.15. The fourth-order valence-electron chi connectivity index (χ4n) is 1.92. The van der Waals surface area contributed by atoms with Crippen molar-refractivity contribution >= 4 is 23.1 Å². The van der Waals surface area contributed by atoms with Crippen LogP contribution < -0.4 is 5.73 Å². The van der Waals surface area contributed by atoms with Crippen molar-refractivity contribution in [2.24, 2.45) is 11.7 Å². The molecule has 1 saturated heterocycles. The monoisotopic (exact) mass is 243 g/mol. The molecule has 1 rings (SSSR count). The van der Waals surface area contributed by atoms with Crippen molar-refractivity contribution in [1.29, 1.82) is 0 Å². The Balaban J connectivity index is 2.30. The molecule has 0 aromatic heterocycles. The summed E-state index contributed by atoms with van der Waals surface area (Å²) in [5.74, 6) is 0.376. The highest BCUT2D eigenvalue weighted by molar-refractivity contribution is 7.80. The van der Waals surface area contributed by atoms with Crippen LogP contribution in [-0.4, -0.2) is 53.9 Å². The zero-order valence-electron chi connectivity index (χ0n) is 10.1. The minimum atomic E-state index is 0.159. The average molecular weight is 243 g/mol. The summed E-state index contributed by atoms with van der Waals surface area (Å²) >= 11 is 4.91. The van der Waals surface area contributed by atoms with Crippen molar-refractivity contribution in [3.63, 3.8) is 0 Å². The molecular weight excluding hydrogens is 222 g/mol. The number of amides is 1. The number of likely N-dealkylation sites (tertiary alicyclic amines) is 1. The first-order valence-corrected chi connectivity index (χ1v) is 6.17. The van der Waals surface area contributed by atoms with Gasteiger partial charge in [-0.1, -0.05) is 19.1 Å². The quantitative estimate of drug-likeness (QED) is 0.713. The van der Waals surface area contributed by atoms with E-state index < -0.39 is 0 Å². The summed E-state index contributed by atoms with van der Waals surface area (Å²) in [6, 6.07) is 0. The van der Waals surface area contributed by atoms with Crippen molar-refractivity contribution < 1.29 is 4.79 Å². The van der Waals surface area contributed by atoms with Crippen molar-refractivity contribution in [3.8, 4) is 0 Å². The zero-order chi connectivity index (χ0) is 12.1. The maximum atomic E-state index is 11.8. The normalized spacial score (nSPS) is 17.8. The highest BCUT2D eigenvalue weighted by Gasteiger charge is 2.19. The molecule has 0 bridgehead atoms. The van der Waals surface area contributed by atoms with Crippen molar-refractivity contribution in [1.82, 2.24) is 9.80 Å². The van der Waals surface area contributed by atoms with Gasteiger partial charge in [-0.2, -0.15) is 0 Å². The Kier molecular flexibility index (Phi) is 5.15. The molecule has 1 aliphatic rings. The number of hydrogen-bond donors (Lipinski definition) is 1. The molecule has 1 heterocycles. The van der Waals surface area contributed by atoms with E-state index in [1.54, 1.807) is 0 Å². The van der Waals surface area contributed by atoms with Crippen LogP contribution in [0.1, 0.15) is 19.8 Å². The molecule has 1 aliphatic heterocycles. The topological polar surface area (TPSA) is 49.6 Å². The molecule has 0 aromatic rings. The maximum Gasteiger partial charge on any atom is 0.236 e. The summed E-state index contributed by atoms with van der Waals surface area (Å²) in [6.45, 7) is 5.02. The first kappa shape index (κ1) is 13.4. The molecule has 0 aliphatic carbocycles. The molecular formula is C11H21N3OS. The lowest BCUT2D eigenvalue weighted by Gasteiger charge is -2.23. The largest absolute Gasteiger partial charge is 0.393 e. The van der Waals surface area contributed by atoms with E-state index in [9.17, 15) is 4.79 Å². The fraction of sp³-hybridized carbons (Fsp3) is 0.818. The highest BCUT2D eigenvalue weighted by atomic mass is 32.1. The van der Waals surface area contributed by atoms with Crippen molar-refractivity contribution in [3.05, 3.63) is 0 Å². The Morgan fingerprint density at radius 1 is 1.50 bits per heavy atom. The molecule has 5 heteroatoms. The third-order valence-corrected chi connectivity index (χ3v) is 3.34. The molecule has 0 spiro atoms. The molecule has 1 amide bonds. The number of likely N-dealkylation sites (N-methyl/N-ethyl adjacent to an activating group) is 1. The molecule has 0 aromatic carbocycles. The summed E-state index contributed by atoms with van der Waals surface area (Å²) in [5.41, 5.74) is 5.55. The van der Waals surface area contributed by atoms with Crippen LogP contribution in [0.2, 0.25) is 0 Å². The summed E-state index contributed by atoms with van der Waals surface area (Å²) in [5, 5.41) is 0. The van der Waals surface area contributed by atoms with E-state index in [-0.39, 0.29) is 11.8 Å². The summed E-state index contributed by atoms with van der Waals surface area (Å²) in [4.78, 5) is 16.3. The zero-order valence-corrected chi connectivity index (χ0v) is 10.9. The van der Waals surface area contributed by atoms with Gasteiger partial charge in [0.05, 0.1) is 11.5 Å². The number of nitrogens with two attached hydrogens (primary N) is 1. The van der Waals surface area contributed by atoms with Crippen LogP contribution in [0.4, 0.5) is 0 Å². The van der Waals surface area contributed by atoms with Gasteiger partial charge in [-0.25, -0.2) is 0 Å². The van der Waals surface area contributed by atoms with Crippen molar-refractivity contribution in [2.75, 3.05) is 33.2 Å². The summed E-state index contributed by atoms with van der Waals surface area (Å²) < 4.78 is 0. The highest BCUT2D eigenvalue weighted by Crippen LogP contribution is 2.08. The molecule has 2 N–H and O–H groups in total. The molecule has 16 heavy (non-hydrogen) atoms. The van der Waals surface area contributed by atoms with Crippen molar-refractivity contribution in [2.45, 2.75) is 19.8 Å². The third-order valence-electron chi connectivity index (χ3n) is 2.94. The van der Waals surface area contributed by atoms with Gasteiger partial charge in [-0.05, 0) is 19.9 Å². The van der Waals surface area contributed by atoms with E-state index in [0.717, 1.165) is 32.5 Å². The Bertz CT molecular complexity index is 264. The molecule has 1 fully saturated rings. The molecule has 4 nitrogen and oxygen atoms in total. The Morgan fingerprint density at radius 2 is 2.06 bits per heavy atom. The lowest BCUT2D eigenvalue weighted by atomic mass is 10.2. The minimum absolute atomic E-state index is 0.159. The van der Waals surface area contributed by atoms with Gasteiger partial charge in [0.15, 0.2) is 0 Å². The predicted molar refractivity (Wildman–Crippen MR) is 69.3 cm³/mol. The van der Waals surface area contributed by atoms with Gasteiger partial charge < -0.3 is 10.6 Å². The number of rotatable bonds is 5. The first-order valence-electron chi connectivity index (χ1n) is 5.76. The van der Waals surface area contributed by atoms with Gasteiger partial charge >= 0.3 is 0 Å². The number of thiocarbonyl (C=S) groups is 1. The molecule has 0 radical (unpaired) electrons. The SMILES string of the molecule is CC(CN(C)CC(=O)N1CCCC1)C(N)=S. The smallest absolute Gasteiger partial charge is 0.236 e.